The minimum Gasteiger partial charge on any atom is -0.494 e. The Hall–Kier alpha value is -3.80. The number of hydrogen-bond acceptors (Lipinski definition) is 4. The number of carboxylic acid groups (broad SMARTS) is 1. The summed E-state index contributed by atoms with van der Waals surface area (Å²) in [7, 11) is 0. The predicted molar refractivity (Wildman–Crippen MR) is 120 cm³/mol. The Kier molecular flexibility index (Phi) is 5.05. The molecule has 1 aliphatic heterocycles. The molecule has 0 saturated carbocycles. The summed E-state index contributed by atoms with van der Waals surface area (Å²) in [5.41, 5.74) is 5.74. The molecule has 1 amide bonds. The van der Waals surface area contributed by atoms with Crippen molar-refractivity contribution in [2.24, 2.45) is 0 Å². The number of nitrogens with zero attached hydrogens (tertiary/aromatic N) is 1. The van der Waals surface area contributed by atoms with Crippen LogP contribution < -0.4 is 9.64 Å². The van der Waals surface area contributed by atoms with E-state index in [1.165, 1.54) is 4.90 Å². The van der Waals surface area contributed by atoms with Crippen molar-refractivity contribution in [1.82, 2.24) is 0 Å². The molecule has 1 aliphatic carbocycles. The summed E-state index contributed by atoms with van der Waals surface area (Å²) in [6, 6.07) is 20.5. The third kappa shape index (κ3) is 3.19. The lowest BCUT2D eigenvalue weighted by atomic mass is 9.98. The number of benzene rings is 3. The van der Waals surface area contributed by atoms with E-state index in [2.05, 4.69) is 12.1 Å². The van der Waals surface area contributed by atoms with Gasteiger partial charge < -0.3 is 14.6 Å². The highest BCUT2D eigenvalue weighted by Gasteiger charge is 2.41. The molecule has 1 atom stereocenters. The van der Waals surface area contributed by atoms with E-state index in [0.717, 1.165) is 27.8 Å². The van der Waals surface area contributed by atoms with Crippen LogP contribution in [0.5, 0.6) is 5.75 Å². The number of amides is 1. The molecular weight excluding hydrogens is 406 g/mol. The number of aliphatic carboxylic acids is 1. The Morgan fingerprint density at radius 2 is 1.62 bits per heavy atom. The minimum absolute atomic E-state index is 0.0912. The molecule has 1 N–H and O–H groups in total. The number of rotatable bonds is 5. The van der Waals surface area contributed by atoms with Crippen LogP contribution in [0, 0.1) is 0 Å². The molecule has 1 heterocycles. The predicted octanol–water partition coefficient (Wildman–Crippen LogP) is 4.85. The molecule has 3 aromatic carbocycles. The normalized spacial score (nSPS) is 16.3. The molecule has 6 heteroatoms. The lowest BCUT2D eigenvalue weighted by molar-refractivity contribution is -0.138. The second-order valence-electron chi connectivity index (χ2n) is 7.92. The Labute approximate surface area is 186 Å². The summed E-state index contributed by atoms with van der Waals surface area (Å²) >= 11 is 0. The van der Waals surface area contributed by atoms with E-state index in [4.69, 9.17) is 9.47 Å². The van der Waals surface area contributed by atoms with Gasteiger partial charge in [-0.05, 0) is 41.3 Å². The average Bonchev–Trinajstić information content (AvgIpc) is 3.35. The van der Waals surface area contributed by atoms with E-state index >= 15 is 0 Å². The quantitative estimate of drug-likeness (QED) is 0.627. The Morgan fingerprint density at radius 3 is 2.25 bits per heavy atom. The second-order valence-corrected chi connectivity index (χ2v) is 7.92. The summed E-state index contributed by atoms with van der Waals surface area (Å²) in [5.74, 6) is -0.561. The molecule has 1 unspecified atom stereocenters. The Bertz CT molecular complexity index is 1160. The Balaban J connectivity index is 1.42. The molecule has 3 aromatic rings. The van der Waals surface area contributed by atoms with Gasteiger partial charge in [0.15, 0.2) is 0 Å². The monoisotopic (exact) mass is 429 g/mol. The molecule has 162 valence electrons. The third-order valence-electron chi connectivity index (χ3n) is 6.19. The first-order valence-electron chi connectivity index (χ1n) is 10.7. The highest BCUT2D eigenvalue weighted by Crippen LogP contribution is 2.45. The minimum atomic E-state index is -1.07. The van der Waals surface area contributed by atoms with Gasteiger partial charge >= 0.3 is 12.1 Å². The van der Waals surface area contributed by atoms with Crippen molar-refractivity contribution in [2.75, 3.05) is 18.1 Å². The van der Waals surface area contributed by atoms with Crippen molar-refractivity contribution in [3.63, 3.8) is 0 Å². The van der Waals surface area contributed by atoms with E-state index in [-0.39, 0.29) is 18.9 Å². The zero-order chi connectivity index (χ0) is 22.2. The topological polar surface area (TPSA) is 76.1 Å². The highest BCUT2D eigenvalue weighted by molar-refractivity contribution is 5.99. The smallest absolute Gasteiger partial charge is 0.415 e. The van der Waals surface area contributed by atoms with Crippen LogP contribution >= 0.6 is 0 Å². The van der Waals surface area contributed by atoms with Gasteiger partial charge in [-0.15, -0.1) is 0 Å². The summed E-state index contributed by atoms with van der Waals surface area (Å²) in [6.45, 7) is 2.46. The molecule has 0 fully saturated rings. The first-order valence-corrected chi connectivity index (χ1v) is 10.7. The van der Waals surface area contributed by atoms with Crippen molar-refractivity contribution in [2.45, 2.75) is 25.3 Å². The van der Waals surface area contributed by atoms with E-state index in [0.29, 0.717) is 18.0 Å². The molecule has 0 radical (unpaired) electrons. The molecule has 5 rings (SSSR count). The third-order valence-corrected chi connectivity index (χ3v) is 6.19. The number of anilines is 1. The molecule has 0 spiro atoms. The average molecular weight is 429 g/mol. The second kappa shape index (κ2) is 8.04. The summed E-state index contributed by atoms with van der Waals surface area (Å²) in [5, 5.41) is 9.78. The van der Waals surface area contributed by atoms with Crippen molar-refractivity contribution in [3.05, 3.63) is 83.4 Å². The maximum absolute atomic E-state index is 13.2. The number of carbonyl (C=O) groups excluding carboxylic acids is 1. The fourth-order valence-corrected chi connectivity index (χ4v) is 4.82. The number of ether oxygens (including phenoxy) is 2. The van der Waals surface area contributed by atoms with Crippen LogP contribution in [0.3, 0.4) is 0 Å². The van der Waals surface area contributed by atoms with Crippen molar-refractivity contribution in [3.8, 4) is 16.9 Å². The summed E-state index contributed by atoms with van der Waals surface area (Å²) in [4.78, 5) is 26.4. The van der Waals surface area contributed by atoms with Crippen LogP contribution in [0.2, 0.25) is 0 Å². The molecular formula is C26H23NO5. The van der Waals surface area contributed by atoms with Crippen LogP contribution in [0.25, 0.3) is 11.1 Å². The van der Waals surface area contributed by atoms with E-state index in [1.807, 2.05) is 43.3 Å². The van der Waals surface area contributed by atoms with Gasteiger partial charge in [-0.3, -0.25) is 4.90 Å². The zero-order valence-electron chi connectivity index (χ0n) is 17.7. The fourth-order valence-electron chi connectivity index (χ4n) is 4.82. The van der Waals surface area contributed by atoms with Crippen LogP contribution in [0.4, 0.5) is 10.5 Å². The first-order chi connectivity index (χ1) is 15.6. The maximum atomic E-state index is 13.2. The SMILES string of the molecule is CCOc1cccc2c1CC(C(=O)O)N2C(=O)OCC1c2ccccc2-c2ccccc21. The molecule has 0 aromatic heterocycles. The molecule has 6 nitrogen and oxygen atoms in total. The van der Waals surface area contributed by atoms with Crippen molar-refractivity contribution < 1.29 is 24.2 Å². The van der Waals surface area contributed by atoms with Gasteiger partial charge in [0.05, 0.1) is 12.3 Å². The van der Waals surface area contributed by atoms with Gasteiger partial charge in [0.25, 0.3) is 0 Å². The zero-order valence-corrected chi connectivity index (χ0v) is 17.7. The van der Waals surface area contributed by atoms with E-state index in [1.54, 1.807) is 18.2 Å². The molecule has 0 bridgehead atoms. The molecule has 2 aliphatic rings. The molecule has 32 heavy (non-hydrogen) atoms. The number of carbonyl (C=O) groups is 2. The van der Waals surface area contributed by atoms with Gasteiger partial charge in [-0.25, -0.2) is 9.59 Å². The van der Waals surface area contributed by atoms with Crippen LogP contribution in [-0.4, -0.2) is 36.4 Å². The lowest BCUT2D eigenvalue weighted by Crippen LogP contribution is -2.43. The van der Waals surface area contributed by atoms with Gasteiger partial charge in [0.2, 0.25) is 0 Å². The summed E-state index contributed by atoms with van der Waals surface area (Å²) < 4.78 is 11.4. The first kappa shape index (κ1) is 20.1. The van der Waals surface area contributed by atoms with Gasteiger partial charge in [0.1, 0.15) is 18.4 Å². The number of fused-ring (bicyclic) bond motifs is 4. The number of carboxylic acids is 1. The summed E-state index contributed by atoms with van der Waals surface area (Å²) in [6.07, 6.45) is -0.475. The van der Waals surface area contributed by atoms with Gasteiger partial charge in [-0.1, -0.05) is 54.6 Å². The van der Waals surface area contributed by atoms with Crippen LogP contribution in [-0.2, 0) is 16.0 Å². The van der Waals surface area contributed by atoms with Crippen LogP contribution in [0.1, 0.15) is 29.5 Å². The number of hydrogen-bond donors (Lipinski definition) is 1. The van der Waals surface area contributed by atoms with Gasteiger partial charge in [0, 0.05) is 17.9 Å². The maximum Gasteiger partial charge on any atom is 0.415 e. The lowest BCUT2D eigenvalue weighted by Gasteiger charge is -2.23. The van der Waals surface area contributed by atoms with Crippen molar-refractivity contribution >= 4 is 17.7 Å². The van der Waals surface area contributed by atoms with E-state index < -0.39 is 18.1 Å². The van der Waals surface area contributed by atoms with Crippen LogP contribution in [0.15, 0.2) is 66.7 Å². The van der Waals surface area contributed by atoms with Crippen molar-refractivity contribution in [1.29, 1.82) is 0 Å². The fraction of sp³-hybridized carbons (Fsp3) is 0.231. The standard InChI is InChI=1S/C26H23NO5/c1-2-31-24-13-7-12-22-20(24)14-23(25(28)29)27(22)26(30)32-15-21-18-10-5-3-8-16(18)17-9-4-6-11-19(17)21/h3-13,21,23H,2,14-15H2,1H3,(H,28,29). The van der Waals surface area contributed by atoms with E-state index in [9.17, 15) is 14.7 Å². The molecule has 0 saturated heterocycles. The largest absolute Gasteiger partial charge is 0.494 e. The van der Waals surface area contributed by atoms with Gasteiger partial charge in [-0.2, -0.15) is 0 Å². The highest BCUT2D eigenvalue weighted by atomic mass is 16.6. The Morgan fingerprint density at radius 1 is 0.969 bits per heavy atom.